The van der Waals surface area contributed by atoms with Gasteiger partial charge < -0.3 is 4.74 Å². The van der Waals surface area contributed by atoms with Gasteiger partial charge >= 0.3 is 6.18 Å². The maximum atomic E-state index is 13.3. The molecular formula is C23H17F3N2O2. The number of benzene rings is 2. The Morgan fingerprint density at radius 3 is 2.63 bits per heavy atom. The number of nitrogens with zero attached hydrogens (tertiary/aromatic N) is 1. The van der Waals surface area contributed by atoms with E-state index in [-0.39, 0.29) is 11.5 Å². The van der Waals surface area contributed by atoms with Gasteiger partial charge in [0.25, 0.3) is 0 Å². The third-order valence-corrected chi connectivity index (χ3v) is 5.26. The molecule has 0 bridgehead atoms. The number of alkyl halides is 3. The monoisotopic (exact) mass is 410 g/mol. The molecule has 2 aromatic carbocycles. The molecule has 30 heavy (non-hydrogen) atoms. The van der Waals surface area contributed by atoms with Crippen molar-refractivity contribution in [2.45, 2.75) is 31.9 Å². The highest BCUT2D eigenvalue weighted by molar-refractivity contribution is 5.78. The van der Waals surface area contributed by atoms with Crippen molar-refractivity contribution < 1.29 is 22.7 Å². The summed E-state index contributed by atoms with van der Waals surface area (Å²) in [7, 11) is 0. The van der Waals surface area contributed by atoms with Crippen LogP contribution in [0.1, 0.15) is 41.5 Å². The number of hydrogen-bond donors (Lipinski definition) is 1. The molecule has 0 fully saturated rings. The lowest BCUT2D eigenvalue weighted by atomic mass is 9.76. The molecule has 1 heterocycles. The van der Waals surface area contributed by atoms with E-state index in [2.05, 4.69) is 5.32 Å². The van der Waals surface area contributed by atoms with Crippen LogP contribution in [0.4, 0.5) is 13.2 Å². The lowest BCUT2D eigenvalue weighted by Crippen LogP contribution is -2.29. The zero-order chi connectivity index (χ0) is 21.5. The molecule has 1 aliphatic carbocycles. The number of nitrogens with one attached hydrogen (secondary N) is 1. The summed E-state index contributed by atoms with van der Waals surface area (Å²) in [5.74, 6) is -0.727. The van der Waals surface area contributed by atoms with E-state index in [1.807, 2.05) is 30.3 Å². The van der Waals surface area contributed by atoms with E-state index in [9.17, 15) is 23.2 Å². The van der Waals surface area contributed by atoms with Crippen molar-refractivity contribution in [2.75, 3.05) is 0 Å². The number of carbonyl (C=O) groups is 1. The van der Waals surface area contributed by atoms with Crippen molar-refractivity contribution in [2.24, 2.45) is 0 Å². The molecule has 1 atom stereocenters. The number of allylic oxidation sites excluding steroid dienone is 2. The highest BCUT2D eigenvalue weighted by atomic mass is 19.4. The molecule has 0 saturated carbocycles. The predicted molar refractivity (Wildman–Crippen MR) is 103 cm³/mol. The van der Waals surface area contributed by atoms with Gasteiger partial charge in [-0.25, -0.2) is 0 Å². The molecular weight excluding hydrogens is 393 g/mol. The predicted octanol–water partition coefficient (Wildman–Crippen LogP) is 5.05. The molecule has 1 amide bonds. The van der Waals surface area contributed by atoms with Crippen LogP contribution in [0, 0.1) is 11.3 Å². The molecule has 0 aromatic heterocycles. The van der Waals surface area contributed by atoms with E-state index in [4.69, 9.17) is 4.74 Å². The first kappa shape index (κ1) is 19.8. The molecule has 4 nitrogen and oxygen atoms in total. The van der Waals surface area contributed by atoms with Gasteiger partial charge in [-0.05, 0) is 35.6 Å². The fourth-order valence-corrected chi connectivity index (χ4v) is 4.00. The first-order valence-corrected chi connectivity index (χ1v) is 9.37. The second-order valence-corrected chi connectivity index (χ2v) is 7.21. The molecule has 7 heteroatoms. The summed E-state index contributed by atoms with van der Waals surface area (Å²) in [5.41, 5.74) is 2.22. The zero-order valence-electron chi connectivity index (χ0n) is 16.0. The number of rotatable bonds is 2. The van der Waals surface area contributed by atoms with Crippen molar-refractivity contribution in [3.63, 3.8) is 0 Å². The van der Waals surface area contributed by atoms with Gasteiger partial charge in [0.05, 0.1) is 5.56 Å². The first-order chi connectivity index (χ1) is 14.3. The van der Waals surface area contributed by atoms with Crippen molar-refractivity contribution >= 4 is 11.7 Å². The van der Waals surface area contributed by atoms with E-state index in [0.29, 0.717) is 24.2 Å². The molecule has 1 unspecified atom stereocenters. The standard InChI is InChI=1S/C23H17F3N2O2/c1-13(29)28-22-19(12-27)20(15-6-4-7-16(11-15)23(24,25)26)18-10-9-14-5-2-3-8-17(14)21(18)30-22/h2-8,11,20H,9-10H2,1H3,(H,28,29). The summed E-state index contributed by atoms with van der Waals surface area (Å²) in [5, 5.41) is 12.4. The van der Waals surface area contributed by atoms with E-state index in [1.54, 1.807) is 6.07 Å². The molecule has 1 N–H and O–H groups in total. The van der Waals surface area contributed by atoms with Gasteiger partial charge in [0, 0.05) is 18.4 Å². The third-order valence-electron chi connectivity index (χ3n) is 5.26. The van der Waals surface area contributed by atoms with Gasteiger partial charge in [0.1, 0.15) is 17.4 Å². The largest absolute Gasteiger partial charge is 0.439 e. The maximum Gasteiger partial charge on any atom is 0.416 e. The Labute approximate surface area is 171 Å². The Bertz CT molecular complexity index is 1140. The second kappa shape index (κ2) is 7.38. The molecule has 1 aliphatic heterocycles. The van der Waals surface area contributed by atoms with E-state index < -0.39 is 23.6 Å². The quantitative estimate of drug-likeness (QED) is 0.754. The highest BCUT2D eigenvalue weighted by Crippen LogP contribution is 2.48. The number of hydrogen-bond acceptors (Lipinski definition) is 3. The fraction of sp³-hybridized carbons (Fsp3) is 0.217. The van der Waals surface area contributed by atoms with Gasteiger partial charge in [-0.1, -0.05) is 42.5 Å². The van der Waals surface area contributed by atoms with Crippen LogP contribution in [0.2, 0.25) is 0 Å². The summed E-state index contributed by atoms with van der Waals surface area (Å²) in [6.07, 6.45) is -3.29. The van der Waals surface area contributed by atoms with Crippen molar-refractivity contribution in [3.05, 3.63) is 87.8 Å². The number of nitriles is 1. The molecule has 0 spiro atoms. The van der Waals surface area contributed by atoms with Crippen molar-refractivity contribution in [1.82, 2.24) is 5.32 Å². The molecule has 2 aliphatic rings. The average molecular weight is 410 g/mol. The van der Waals surface area contributed by atoms with Crippen molar-refractivity contribution in [3.8, 4) is 6.07 Å². The van der Waals surface area contributed by atoms with E-state index in [0.717, 1.165) is 28.8 Å². The van der Waals surface area contributed by atoms with Crippen LogP contribution in [-0.2, 0) is 22.1 Å². The molecule has 4 rings (SSSR count). The Morgan fingerprint density at radius 2 is 1.93 bits per heavy atom. The highest BCUT2D eigenvalue weighted by Gasteiger charge is 2.38. The number of aryl methyl sites for hydroxylation is 1. The summed E-state index contributed by atoms with van der Waals surface area (Å²) < 4.78 is 45.9. The van der Waals surface area contributed by atoms with Crippen LogP contribution in [-0.4, -0.2) is 5.91 Å². The summed E-state index contributed by atoms with van der Waals surface area (Å²) in [6, 6.07) is 14.6. The number of fused-ring (bicyclic) bond motifs is 2. The average Bonchev–Trinajstić information content (AvgIpc) is 2.71. The van der Waals surface area contributed by atoms with Crippen LogP contribution >= 0.6 is 0 Å². The van der Waals surface area contributed by atoms with Crippen LogP contribution in [0.3, 0.4) is 0 Å². The number of ether oxygens (including phenoxy) is 1. The van der Waals surface area contributed by atoms with Gasteiger partial charge in [-0.2, -0.15) is 18.4 Å². The molecule has 2 aromatic rings. The normalized spacial score (nSPS) is 18.2. The van der Waals surface area contributed by atoms with E-state index >= 15 is 0 Å². The van der Waals surface area contributed by atoms with Crippen LogP contribution in [0.15, 0.2) is 65.6 Å². The summed E-state index contributed by atoms with van der Waals surface area (Å²) in [4.78, 5) is 11.7. The van der Waals surface area contributed by atoms with Gasteiger partial charge in [0.15, 0.2) is 0 Å². The Hall–Kier alpha value is -3.53. The van der Waals surface area contributed by atoms with Gasteiger partial charge in [-0.3, -0.25) is 10.1 Å². The Balaban J connectivity index is 1.93. The third kappa shape index (κ3) is 3.45. The lowest BCUT2D eigenvalue weighted by molar-refractivity contribution is -0.137. The van der Waals surface area contributed by atoms with Crippen molar-refractivity contribution in [1.29, 1.82) is 5.26 Å². The van der Waals surface area contributed by atoms with Gasteiger partial charge in [-0.15, -0.1) is 0 Å². The summed E-state index contributed by atoms with van der Waals surface area (Å²) in [6.45, 7) is 1.28. The molecule has 152 valence electrons. The number of carbonyl (C=O) groups excluding carboxylic acids is 1. The smallest absolute Gasteiger partial charge is 0.416 e. The first-order valence-electron chi connectivity index (χ1n) is 9.37. The van der Waals surface area contributed by atoms with Gasteiger partial charge in [0.2, 0.25) is 11.8 Å². The minimum Gasteiger partial charge on any atom is -0.439 e. The topological polar surface area (TPSA) is 62.1 Å². The Kier molecular flexibility index (Phi) is 4.86. The molecule has 0 saturated heterocycles. The lowest BCUT2D eigenvalue weighted by Gasteiger charge is -2.34. The SMILES string of the molecule is CC(=O)NC1=C(C#N)C(c2cccc(C(F)(F)F)c2)C2=C(O1)c1ccccc1CC2. The fourth-order valence-electron chi connectivity index (χ4n) is 4.00. The van der Waals surface area contributed by atoms with E-state index in [1.165, 1.54) is 13.0 Å². The minimum atomic E-state index is -4.51. The summed E-state index contributed by atoms with van der Waals surface area (Å²) >= 11 is 0. The number of amides is 1. The minimum absolute atomic E-state index is 0.0390. The van der Waals surface area contributed by atoms with Crippen LogP contribution < -0.4 is 5.32 Å². The maximum absolute atomic E-state index is 13.3. The van der Waals surface area contributed by atoms with Crippen LogP contribution in [0.5, 0.6) is 0 Å². The molecule has 0 radical (unpaired) electrons. The van der Waals surface area contributed by atoms with Crippen LogP contribution in [0.25, 0.3) is 5.76 Å². The second-order valence-electron chi connectivity index (χ2n) is 7.21. The zero-order valence-corrected chi connectivity index (χ0v) is 16.0. The number of halogens is 3. The Morgan fingerprint density at radius 1 is 1.17 bits per heavy atom.